The van der Waals surface area contributed by atoms with Crippen molar-refractivity contribution in [3.63, 3.8) is 0 Å². The van der Waals surface area contributed by atoms with Crippen molar-refractivity contribution < 1.29 is 9.53 Å². The second-order valence-corrected chi connectivity index (χ2v) is 7.27. The number of carbonyl (C=O) groups is 1. The molecule has 4 nitrogen and oxygen atoms in total. The lowest BCUT2D eigenvalue weighted by Gasteiger charge is -2.29. The second-order valence-electron chi connectivity index (χ2n) is 7.27. The predicted octanol–water partition coefficient (Wildman–Crippen LogP) is 1.90. The molecule has 2 heterocycles. The third-order valence-corrected chi connectivity index (χ3v) is 5.68. The highest BCUT2D eigenvalue weighted by Gasteiger charge is 2.53. The Labute approximate surface area is 138 Å². The smallest absolute Gasteiger partial charge is 0.233 e. The summed E-state index contributed by atoms with van der Waals surface area (Å²) >= 11 is 0. The van der Waals surface area contributed by atoms with Gasteiger partial charge in [0, 0.05) is 32.7 Å². The van der Waals surface area contributed by atoms with Crippen molar-refractivity contribution >= 4 is 5.91 Å². The summed E-state index contributed by atoms with van der Waals surface area (Å²) in [4.78, 5) is 17.7. The molecule has 23 heavy (non-hydrogen) atoms. The zero-order valence-electron chi connectivity index (χ0n) is 13.7. The second kappa shape index (κ2) is 6.25. The maximum Gasteiger partial charge on any atom is 0.233 e. The minimum absolute atomic E-state index is 0.199. The van der Waals surface area contributed by atoms with E-state index in [-0.39, 0.29) is 5.41 Å². The Morgan fingerprint density at radius 1 is 1.13 bits per heavy atom. The van der Waals surface area contributed by atoms with E-state index in [1.807, 2.05) is 18.2 Å². The molecule has 1 atom stereocenters. The van der Waals surface area contributed by atoms with Crippen LogP contribution in [0.4, 0.5) is 0 Å². The summed E-state index contributed by atoms with van der Waals surface area (Å²) in [6, 6.07) is 10.4. The summed E-state index contributed by atoms with van der Waals surface area (Å²) in [6.45, 7) is 6.77. The lowest BCUT2D eigenvalue weighted by Crippen LogP contribution is -2.41. The molecule has 3 aliphatic rings. The van der Waals surface area contributed by atoms with Crippen molar-refractivity contribution in [3.8, 4) is 0 Å². The van der Waals surface area contributed by atoms with Gasteiger partial charge in [0.1, 0.15) is 0 Å². The molecule has 2 saturated heterocycles. The highest BCUT2D eigenvalue weighted by Crippen LogP contribution is 2.50. The van der Waals surface area contributed by atoms with Crippen molar-refractivity contribution in [2.75, 3.05) is 45.9 Å². The van der Waals surface area contributed by atoms with Gasteiger partial charge in [0.15, 0.2) is 0 Å². The topological polar surface area (TPSA) is 32.8 Å². The molecule has 4 heteroatoms. The van der Waals surface area contributed by atoms with E-state index < -0.39 is 0 Å². The Morgan fingerprint density at radius 2 is 1.87 bits per heavy atom. The monoisotopic (exact) mass is 314 g/mol. The number of rotatable bonds is 4. The number of hydrogen-bond donors (Lipinski definition) is 0. The van der Waals surface area contributed by atoms with Gasteiger partial charge in [-0.05, 0) is 30.7 Å². The molecule has 0 N–H and O–H groups in total. The molecule has 1 aliphatic carbocycles. The van der Waals surface area contributed by atoms with Crippen LogP contribution in [0.3, 0.4) is 0 Å². The van der Waals surface area contributed by atoms with Crippen molar-refractivity contribution in [2.45, 2.75) is 24.7 Å². The Morgan fingerprint density at radius 3 is 2.57 bits per heavy atom. The lowest BCUT2D eigenvalue weighted by atomic mass is 9.94. The number of likely N-dealkylation sites (tertiary alicyclic amines) is 1. The van der Waals surface area contributed by atoms with Crippen LogP contribution in [0.2, 0.25) is 0 Å². The first-order chi connectivity index (χ1) is 11.3. The van der Waals surface area contributed by atoms with Crippen LogP contribution >= 0.6 is 0 Å². The predicted molar refractivity (Wildman–Crippen MR) is 89.3 cm³/mol. The van der Waals surface area contributed by atoms with Gasteiger partial charge in [0.2, 0.25) is 5.91 Å². The summed E-state index contributed by atoms with van der Waals surface area (Å²) in [5.41, 5.74) is 1.01. The minimum atomic E-state index is -0.199. The summed E-state index contributed by atoms with van der Waals surface area (Å²) in [7, 11) is 0. The fourth-order valence-electron chi connectivity index (χ4n) is 4.13. The zero-order chi connectivity index (χ0) is 15.7. The highest BCUT2D eigenvalue weighted by atomic mass is 16.5. The number of morpholine rings is 1. The van der Waals surface area contributed by atoms with Gasteiger partial charge in [-0.25, -0.2) is 0 Å². The van der Waals surface area contributed by atoms with Gasteiger partial charge in [-0.2, -0.15) is 0 Å². The summed E-state index contributed by atoms with van der Waals surface area (Å²) in [5, 5.41) is 0. The highest BCUT2D eigenvalue weighted by molar-refractivity contribution is 5.91. The van der Waals surface area contributed by atoms with Crippen LogP contribution in [-0.4, -0.2) is 61.6 Å². The van der Waals surface area contributed by atoms with Crippen molar-refractivity contribution in [1.29, 1.82) is 0 Å². The van der Waals surface area contributed by atoms with E-state index in [2.05, 4.69) is 21.9 Å². The number of hydrogen-bond acceptors (Lipinski definition) is 3. The fourth-order valence-corrected chi connectivity index (χ4v) is 4.13. The largest absolute Gasteiger partial charge is 0.379 e. The molecule has 1 aromatic rings. The molecule has 1 amide bonds. The van der Waals surface area contributed by atoms with Gasteiger partial charge in [-0.1, -0.05) is 30.3 Å². The number of nitrogens with zero attached hydrogens (tertiary/aromatic N) is 2. The summed E-state index contributed by atoms with van der Waals surface area (Å²) < 4.78 is 5.42. The maximum atomic E-state index is 13.1. The van der Waals surface area contributed by atoms with E-state index >= 15 is 0 Å². The molecule has 3 fully saturated rings. The van der Waals surface area contributed by atoms with Crippen molar-refractivity contribution in [1.82, 2.24) is 9.80 Å². The molecule has 124 valence electrons. The summed E-state index contributed by atoms with van der Waals surface area (Å²) in [6.07, 6.45) is 3.18. The third kappa shape index (κ3) is 3.02. The average molecular weight is 314 g/mol. The van der Waals surface area contributed by atoms with Gasteiger partial charge in [0.05, 0.1) is 18.6 Å². The SMILES string of the molecule is O=C(N1CC[C@@H](CN2CCOCC2)C1)C1(c2ccccc2)CC1. The Hall–Kier alpha value is -1.39. The van der Waals surface area contributed by atoms with Crippen molar-refractivity contribution in [3.05, 3.63) is 35.9 Å². The van der Waals surface area contributed by atoms with Crippen LogP contribution < -0.4 is 0 Å². The van der Waals surface area contributed by atoms with Gasteiger partial charge >= 0.3 is 0 Å². The van der Waals surface area contributed by atoms with Gasteiger partial charge in [0.25, 0.3) is 0 Å². The van der Waals surface area contributed by atoms with E-state index in [0.717, 1.165) is 65.2 Å². The van der Waals surface area contributed by atoms with E-state index in [1.54, 1.807) is 0 Å². The molecule has 0 aromatic heterocycles. The third-order valence-electron chi connectivity index (χ3n) is 5.68. The van der Waals surface area contributed by atoms with Crippen LogP contribution in [0, 0.1) is 5.92 Å². The van der Waals surface area contributed by atoms with Crippen LogP contribution in [0.15, 0.2) is 30.3 Å². The molecule has 1 saturated carbocycles. The van der Waals surface area contributed by atoms with Gasteiger partial charge in [-0.3, -0.25) is 9.69 Å². The van der Waals surface area contributed by atoms with Gasteiger partial charge in [-0.15, -0.1) is 0 Å². The van der Waals surface area contributed by atoms with E-state index in [1.165, 1.54) is 5.56 Å². The minimum Gasteiger partial charge on any atom is -0.379 e. The Balaban J connectivity index is 1.37. The van der Waals surface area contributed by atoms with E-state index in [0.29, 0.717) is 11.8 Å². The quantitative estimate of drug-likeness (QED) is 0.851. The van der Waals surface area contributed by atoms with E-state index in [4.69, 9.17) is 4.74 Å². The number of benzene rings is 1. The standard InChI is InChI=1S/C19H26N2O2/c22-18(19(7-8-19)17-4-2-1-3-5-17)21-9-6-16(15-21)14-20-10-12-23-13-11-20/h1-5,16H,6-15H2/t16-/m0/s1. The normalized spacial score (nSPS) is 27.1. The summed E-state index contributed by atoms with van der Waals surface area (Å²) in [5.74, 6) is 0.997. The molecule has 0 spiro atoms. The van der Waals surface area contributed by atoms with Crippen LogP contribution in [0.25, 0.3) is 0 Å². The molecular weight excluding hydrogens is 288 g/mol. The Bertz CT molecular complexity index is 550. The first-order valence-electron chi connectivity index (χ1n) is 8.93. The fraction of sp³-hybridized carbons (Fsp3) is 0.632. The maximum absolute atomic E-state index is 13.1. The molecular formula is C19H26N2O2. The number of ether oxygens (including phenoxy) is 1. The Kier molecular flexibility index (Phi) is 4.12. The zero-order valence-corrected chi connectivity index (χ0v) is 13.7. The first-order valence-corrected chi connectivity index (χ1v) is 8.93. The first kappa shape index (κ1) is 15.2. The van der Waals surface area contributed by atoms with Crippen molar-refractivity contribution in [2.24, 2.45) is 5.92 Å². The van der Waals surface area contributed by atoms with Crippen LogP contribution in [0.5, 0.6) is 0 Å². The number of carbonyl (C=O) groups excluding carboxylic acids is 1. The molecule has 0 bridgehead atoms. The molecule has 0 radical (unpaired) electrons. The molecule has 2 aliphatic heterocycles. The van der Waals surface area contributed by atoms with Crippen LogP contribution in [-0.2, 0) is 14.9 Å². The molecule has 4 rings (SSSR count). The molecule has 1 aromatic carbocycles. The average Bonchev–Trinajstić information content (AvgIpc) is 3.30. The van der Waals surface area contributed by atoms with Crippen LogP contribution in [0.1, 0.15) is 24.8 Å². The number of amides is 1. The molecule has 0 unspecified atom stereocenters. The van der Waals surface area contributed by atoms with Gasteiger partial charge < -0.3 is 9.64 Å². The van der Waals surface area contributed by atoms with E-state index in [9.17, 15) is 4.79 Å². The lowest BCUT2D eigenvalue weighted by molar-refractivity contribution is -0.133.